The van der Waals surface area contributed by atoms with Crippen molar-refractivity contribution in [3.8, 4) is 0 Å². The first-order valence-corrected chi connectivity index (χ1v) is 5.11. The molecule has 11 heavy (non-hydrogen) atoms. The average molecular weight is 254 g/mol. The van der Waals surface area contributed by atoms with Crippen LogP contribution in [-0.4, -0.2) is 5.33 Å². The van der Waals surface area contributed by atoms with Gasteiger partial charge >= 0.3 is 0 Å². The van der Waals surface area contributed by atoms with Crippen LogP contribution in [0.3, 0.4) is 0 Å². The van der Waals surface area contributed by atoms with Crippen molar-refractivity contribution in [3.05, 3.63) is 33.8 Å². The van der Waals surface area contributed by atoms with Gasteiger partial charge in [-0.3, -0.25) is 0 Å². The molecule has 0 nitrogen and oxygen atoms in total. The summed E-state index contributed by atoms with van der Waals surface area (Å²) < 4.78 is 0. The molecule has 0 fully saturated rings. The summed E-state index contributed by atoms with van der Waals surface area (Å²) in [7, 11) is 0. The molecule has 0 N–H and O–H groups in total. The summed E-state index contributed by atoms with van der Waals surface area (Å²) in [5.41, 5.74) is 1.09. The van der Waals surface area contributed by atoms with Gasteiger partial charge in [-0.15, -0.1) is 0 Å². The Labute approximate surface area is 84.6 Å². The van der Waals surface area contributed by atoms with E-state index in [2.05, 4.69) is 15.9 Å². The average Bonchev–Trinajstić information content (AvgIpc) is 1.98. The van der Waals surface area contributed by atoms with E-state index in [1.807, 2.05) is 12.1 Å². The number of hydrogen-bond donors (Lipinski definition) is 0. The summed E-state index contributed by atoms with van der Waals surface area (Å²) in [5, 5.41) is 2.44. The van der Waals surface area contributed by atoms with Crippen molar-refractivity contribution in [1.29, 1.82) is 0 Å². The van der Waals surface area contributed by atoms with Gasteiger partial charge in [0.05, 0.1) is 0 Å². The van der Waals surface area contributed by atoms with Crippen LogP contribution in [0, 0.1) is 0 Å². The van der Waals surface area contributed by atoms with Crippen molar-refractivity contribution in [3.63, 3.8) is 0 Å². The van der Waals surface area contributed by atoms with E-state index in [-0.39, 0.29) is 0 Å². The van der Waals surface area contributed by atoms with E-state index < -0.39 is 0 Å². The molecule has 60 valence electrons. The highest BCUT2D eigenvalue weighted by molar-refractivity contribution is 9.09. The van der Waals surface area contributed by atoms with Crippen molar-refractivity contribution in [1.82, 2.24) is 0 Å². The molecule has 0 aliphatic heterocycles. The third kappa shape index (κ3) is 2.66. The monoisotopic (exact) mass is 252 g/mol. The van der Waals surface area contributed by atoms with Gasteiger partial charge in [-0.05, 0) is 30.2 Å². The molecule has 0 aliphatic rings. The molecule has 0 heterocycles. The van der Waals surface area contributed by atoms with Crippen molar-refractivity contribution < 1.29 is 0 Å². The molecule has 0 aromatic heterocycles. The van der Waals surface area contributed by atoms with Crippen LogP contribution in [0.5, 0.6) is 0 Å². The summed E-state index contributed by atoms with van der Waals surface area (Å²) >= 11 is 15.0. The molecular formula is C8H7BrCl2. The highest BCUT2D eigenvalue weighted by Gasteiger charge is 1.99. The normalized spacial score (nSPS) is 10.1. The fraction of sp³-hybridized carbons (Fsp3) is 0.250. The van der Waals surface area contributed by atoms with E-state index in [0.717, 1.165) is 27.4 Å². The topological polar surface area (TPSA) is 0 Å². The van der Waals surface area contributed by atoms with Gasteiger partial charge < -0.3 is 0 Å². The van der Waals surface area contributed by atoms with Crippen LogP contribution in [0.1, 0.15) is 5.56 Å². The number of hydrogen-bond acceptors (Lipinski definition) is 0. The van der Waals surface area contributed by atoms with Crippen molar-refractivity contribution in [2.75, 3.05) is 5.33 Å². The first-order valence-electron chi connectivity index (χ1n) is 3.24. The zero-order valence-electron chi connectivity index (χ0n) is 5.78. The van der Waals surface area contributed by atoms with Crippen molar-refractivity contribution in [2.24, 2.45) is 0 Å². The van der Waals surface area contributed by atoms with E-state index >= 15 is 0 Å². The summed E-state index contributed by atoms with van der Waals surface area (Å²) in [6.07, 6.45) is 0.916. The van der Waals surface area contributed by atoms with Gasteiger partial charge in [0, 0.05) is 15.4 Å². The Bertz CT molecular complexity index is 248. The minimum Gasteiger partial charge on any atom is -0.0924 e. The smallest absolute Gasteiger partial charge is 0.0439 e. The van der Waals surface area contributed by atoms with Gasteiger partial charge in [0.1, 0.15) is 0 Å². The lowest BCUT2D eigenvalue weighted by molar-refractivity contribution is 1.17. The fourth-order valence-electron chi connectivity index (χ4n) is 0.837. The van der Waals surface area contributed by atoms with Gasteiger partial charge in [-0.1, -0.05) is 39.1 Å². The second kappa shape index (κ2) is 4.34. The Morgan fingerprint density at radius 1 is 1.27 bits per heavy atom. The second-order valence-corrected chi connectivity index (χ2v) is 3.81. The molecule has 0 saturated heterocycles. The molecule has 0 atom stereocenters. The number of alkyl halides is 1. The number of rotatable bonds is 2. The molecule has 0 radical (unpaired) electrons. The molecule has 1 rings (SSSR count). The Kier molecular flexibility index (Phi) is 3.70. The number of benzene rings is 1. The fourth-order valence-corrected chi connectivity index (χ4v) is 1.67. The molecule has 3 heteroatoms. The molecule has 1 aromatic carbocycles. The summed E-state index contributed by atoms with van der Waals surface area (Å²) in [4.78, 5) is 0. The van der Waals surface area contributed by atoms with Crippen molar-refractivity contribution in [2.45, 2.75) is 6.42 Å². The largest absolute Gasteiger partial charge is 0.0924 e. The van der Waals surface area contributed by atoms with Gasteiger partial charge in [-0.25, -0.2) is 0 Å². The van der Waals surface area contributed by atoms with E-state index in [1.165, 1.54) is 0 Å². The SMILES string of the molecule is Clc1ccc(Cl)c(CCBr)c1. The predicted octanol–water partition coefficient (Wildman–Crippen LogP) is 3.93. The molecule has 0 spiro atoms. The molecule has 0 amide bonds. The zero-order valence-corrected chi connectivity index (χ0v) is 8.88. The maximum Gasteiger partial charge on any atom is 0.0439 e. The maximum atomic E-state index is 5.90. The molecule has 0 aliphatic carbocycles. The van der Waals surface area contributed by atoms with Crippen LogP contribution < -0.4 is 0 Å². The number of aryl methyl sites for hydroxylation is 1. The molecule has 0 saturated carbocycles. The quantitative estimate of drug-likeness (QED) is 0.701. The molecule has 0 unspecified atom stereocenters. The Morgan fingerprint density at radius 2 is 2.00 bits per heavy atom. The third-order valence-corrected chi connectivity index (χ3v) is 2.37. The summed E-state index contributed by atoms with van der Waals surface area (Å²) in [5.74, 6) is 0. The van der Waals surface area contributed by atoms with E-state index in [1.54, 1.807) is 6.07 Å². The predicted molar refractivity (Wildman–Crippen MR) is 54.0 cm³/mol. The maximum absolute atomic E-state index is 5.90. The molecular weight excluding hydrogens is 247 g/mol. The second-order valence-electron chi connectivity index (χ2n) is 2.17. The van der Waals surface area contributed by atoms with Crippen LogP contribution in [0.2, 0.25) is 10.0 Å². The Hall–Kier alpha value is 0.280. The van der Waals surface area contributed by atoms with Gasteiger partial charge in [0.15, 0.2) is 0 Å². The highest BCUT2D eigenvalue weighted by Crippen LogP contribution is 2.21. The Balaban J connectivity index is 2.93. The first kappa shape index (κ1) is 9.37. The lowest BCUT2D eigenvalue weighted by atomic mass is 10.2. The summed E-state index contributed by atoms with van der Waals surface area (Å²) in [6.45, 7) is 0. The molecule has 0 bridgehead atoms. The standard InChI is InChI=1S/C8H7BrCl2/c9-4-3-6-5-7(10)1-2-8(6)11/h1-2,5H,3-4H2. The van der Waals surface area contributed by atoms with Gasteiger partial charge in [0.2, 0.25) is 0 Å². The lowest BCUT2D eigenvalue weighted by Crippen LogP contribution is -1.86. The van der Waals surface area contributed by atoms with E-state index in [0.29, 0.717) is 0 Å². The number of halogens is 3. The third-order valence-electron chi connectivity index (χ3n) is 1.37. The van der Waals surface area contributed by atoms with Crippen LogP contribution >= 0.6 is 39.1 Å². The van der Waals surface area contributed by atoms with Gasteiger partial charge in [-0.2, -0.15) is 0 Å². The van der Waals surface area contributed by atoms with Crippen LogP contribution in [0.4, 0.5) is 0 Å². The first-order chi connectivity index (χ1) is 5.24. The zero-order chi connectivity index (χ0) is 8.27. The lowest BCUT2D eigenvalue weighted by Gasteiger charge is -2.00. The van der Waals surface area contributed by atoms with Crippen LogP contribution in [0.25, 0.3) is 0 Å². The van der Waals surface area contributed by atoms with E-state index in [9.17, 15) is 0 Å². The van der Waals surface area contributed by atoms with E-state index in [4.69, 9.17) is 23.2 Å². The minimum atomic E-state index is 0.741. The Morgan fingerprint density at radius 3 is 2.64 bits per heavy atom. The summed E-state index contributed by atoms with van der Waals surface area (Å²) in [6, 6.07) is 5.51. The molecule has 1 aromatic rings. The van der Waals surface area contributed by atoms with Crippen LogP contribution in [0.15, 0.2) is 18.2 Å². The highest BCUT2D eigenvalue weighted by atomic mass is 79.9. The van der Waals surface area contributed by atoms with Gasteiger partial charge in [0.25, 0.3) is 0 Å². The minimum absolute atomic E-state index is 0.741. The van der Waals surface area contributed by atoms with Crippen LogP contribution in [-0.2, 0) is 6.42 Å². The van der Waals surface area contributed by atoms with Crippen molar-refractivity contribution >= 4 is 39.1 Å².